The van der Waals surface area contributed by atoms with E-state index in [-0.39, 0.29) is 17.6 Å². The number of carbonyl (C=O) groups excluding carboxylic acids is 1. The molecule has 0 aliphatic heterocycles. The first-order chi connectivity index (χ1) is 10.2. The number of nitrogens with zero attached hydrogens (tertiary/aromatic N) is 1. The molecule has 0 aliphatic carbocycles. The van der Waals surface area contributed by atoms with E-state index in [9.17, 15) is 19.8 Å². The van der Waals surface area contributed by atoms with E-state index in [0.29, 0.717) is 17.5 Å². The molecule has 1 aromatic carbocycles. The zero-order chi connectivity index (χ0) is 16.7. The summed E-state index contributed by atoms with van der Waals surface area (Å²) in [6.45, 7) is 8.13. The number of aliphatic hydroxyl groups is 1. The molecule has 0 atom stereocenters. The fourth-order valence-corrected chi connectivity index (χ4v) is 2.86. The third kappa shape index (κ3) is 2.52. The van der Waals surface area contributed by atoms with Crippen LogP contribution in [0, 0.1) is 6.92 Å². The molecule has 2 rings (SSSR count). The van der Waals surface area contributed by atoms with Crippen molar-refractivity contribution in [3.05, 3.63) is 34.5 Å². The molecule has 22 heavy (non-hydrogen) atoms. The number of aromatic nitrogens is 1. The first-order valence-electron chi connectivity index (χ1n) is 7.19. The first-order valence-corrected chi connectivity index (χ1v) is 7.19. The van der Waals surface area contributed by atoms with E-state index in [1.807, 2.05) is 32.3 Å². The summed E-state index contributed by atoms with van der Waals surface area (Å²) in [5.74, 6) is -1.02. The second-order valence-corrected chi connectivity index (χ2v) is 6.47. The van der Waals surface area contributed by atoms with Crippen LogP contribution in [0.4, 0.5) is 0 Å². The minimum Gasteiger partial charge on any atom is -0.478 e. The minimum absolute atomic E-state index is 0.0484. The molecule has 0 radical (unpaired) electrons. The quantitative estimate of drug-likeness (QED) is 0.851. The molecule has 0 saturated carbocycles. The van der Waals surface area contributed by atoms with Gasteiger partial charge in [-0.1, -0.05) is 20.8 Å². The summed E-state index contributed by atoms with van der Waals surface area (Å²) in [4.78, 5) is 22.9. The fraction of sp³-hybridized carbons (Fsp3) is 0.412. The highest BCUT2D eigenvalue weighted by Crippen LogP contribution is 2.35. The fourth-order valence-electron chi connectivity index (χ4n) is 2.86. The van der Waals surface area contributed by atoms with Crippen molar-refractivity contribution in [1.29, 1.82) is 0 Å². The van der Waals surface area contributed by atoms with Crippen LogP contribution in [-0.4, -0.2) is 33.6 Å². The zero-order valence-electron chi connectivity index (χ0n) is 13.3. The van der Waals surface area contributed by atoms with Crippen LogP contribution in [0.1, 0.15) is 52.7 Å². The van der Waals surface area contributed by atoms with Gasteiger partial charge in [0.15, 0.2) is 6.29 Å². The van der Waals surface area contributed by atoms with E-state index in [1.54, 1.807) is 6.07 Å². The smallest absolute Gasteiger partial charge is 0.335 e. The van der Waals surface area contributed by atoms with E-state index in [2.05, 4.69) is 0 Å². The van der Waals surface area contributed by atoms with Crippen molar-refractivity contribution in [3.63, 3.8) is 0 Å². The second-order valence-electron chi connectivity index (χ2n) is 6.47. The summed E-state index contributed by atoms with van der Waals surface area (Å²) >= 11 is 0. The van der Waals surface area contributed by atoms with Crippen LogP contribution >= 0.6 is 0 Å². The lowest BCUT2D eigenvalue weighted by Gasteiger charge is -2.22. The molecule has 0 unspecified atom stereocenters. The lowest BCUT2D eigenvalue weighted by molar-refractivity contribution is 0.0696. The number of carboxylic acid groups (broad SMARTS) is 1. The van der Waals surface area contributed by atoms with Gasteiger partial charge in [0.2, 0.25) is 0 Å². The maximum Gasteiger partial charge on any atom is 0.335 e. The molecule has 0 amide bonds. The van der Waals surface area contributed by atoms with Gasteiger partial charge in [-0.15, -0.1) is 0 Å². The molecule has 1 aromatic heterocycles. The molecule has 2 aromatic rings. The van der Waals surface area contributed by atoms with Crippen LogP contribution in [0.3, 0.4) is 0 Å². The highest BCUT2D eigenvalue weighted by Gasteiger charge is 2.25. The molecule has 0 aliphatic rings. The molecule has 2 N–H and O–H groups in total. The van der Waals surface area contributed by atoms with Gasteiger partial charge in [0.25, 0.3) is 0 Å². The zero-order valence-corrected chi connectivity index (χ0v) is 13.3. The Morgan fingerprint density at radius 2 is 1.95 bits per heavy atom. The lowest BCUT2D eigenvalue weighted by Crippen LogP contribution is -2.16. The lowest BCUT2D eigenvalue weighted by atomic mass is 9.84. The van der Waals surface area contributed by atoms with Gasteiger partial charge in [-0.2, -0.15) is 0 Å². The van der Waals surface area contributed by atoms with Crippen LogP contribution in [-0.2, 0) is 12.0 Å². The van der Waals surface area contributed by atoms with Crippen molar-refractivity contribution in [1.82, 2.24) is 4.57 Å². The average molecular weight is 303 g/mol. The van der Waals surface area contributed by atoms with Gasteiger partial charge >= 0.3 is 5.97 Å². The maximum atomic E-state index is 11.5. The highest BCUT2D eigenvalue weighted by atomic mass is 16.4. The molecule has 118 valence electrons. The van der Waals surface area contributed by atoms with Crippen molar-refractivity contribution in [2.45, 2.75) is 39.7 Å². The highest BCUT2D eigenvalue weighted by molar-refractivity contribution is 6.04. The number of carboxylic acids is 1. The Morgan fingerprint density at radius 1 is 1.32 bits per heavy atom. The molecule has 1 heterocycles. The Kier molecular flexibility index (Phi) is 4.11. The van der Waals surface area contributed by atoms with Crippen molar-refractivity contribution >= 4 is 23.2 Å². The molecule has 0 saturated heterocycles. The van der Waals surface area contributed by atoms with Crippen LogP contribution in [0.15, 0.2) is 12.1 Å². The van der Waals surface area contributed by atoms with Gasteiger partial charge in [0.05, 0.1) is 17.7 Å². The van der Waals surface area contributed by atoms with Crippen LogP contribution < -0.4 is 0 Å². The molecule has 5 heteroatoms. The maximum absolute atomic E-state index is 11.5. The largest absolute Gasteiger partial charge is 0.478 e. The number of aromatic carboxylic acids is 1. The Balaban J connectivity index is 3.01. The van der Waals surface area contributed by atoms with Gasteiger partial charge in [-0.3, -0.25) is 4.79 Å². The number of fused-ring (bicyclic) bond motifs is 1. The summed E-state index contributed by atoms with van der Waals surface area (Å²) in [5.41, 5.74) is 2.78. The van der Waals surface area contributed by atoms with Crippen LogP contribution in [0.5, 0.6) is 0 Å². The molecular weight excluding hydrogens is 282 g/mol. The number of benzene rings is 1. The second kappa shape index (κ2) is 5.57. The Labute approximate surface area is 129 Å². The van der Waals surface area contributed by atoms with Crippen LogP contribution in [0.2, 0.25) is 0 Å². The normalized spacial score (nSPS) is 11.9. The standard InChI is InChI=1S/C17H21NO4/c1-10-13(9-20)12-7-11(16(21)22)8-14(17(2,3)4)15(12)18(10)5-6-19/h7-9,19H,5-6H2,1-4H3,(H,21,22). The summed E-state index contributed by atoms with van der Waals surface area (Å²) in [6.07, 6.45) is 0.754. The summed E-state index contributed by atoms with van der Waals surface area (Å²) < 4.78 is 1.89. The number of aliphatic hydroxyl groups excluding tert-OH is 1. The Morgan fingerprint density at radius 3 is 2.41 bits per heavy atom. The third-order valence-electron chi connectivity index (χ3n) is 3.96. The average Bonchev–Trinajstić information content (AvgIpc) is 2.69. The van der Waals surface area contributed by atoms with E-state index < -0.39 is 5.97 Å². The van der Waals surface area contributed by atoms with Gasteiger partial charge in [0, 0.05) is 23.2 Å². The Hall–Kier alpha value is -2.14. The van der Waals surface area contributed by atoms with E-state index in [0.717, 1.165) is 23.1 Å². The number of aldehydes is 1. The Bertz CT molecular complexity index is 750. The monoisotopic (exact) mass is 303 g/mol. The number of rotatable bonds is 4. The number of hydrogen-bond donors (Lipinski definition) is 2. The predicted molar refractivity (Wildman–Crippen MR) is 84.8 cm³/mol. The SMILES string of the molecule is Cc1c(C=O)c2cc(C(=O)O)cc(C(C)(C)C)c2n1CCO. The topological polar surface area (TPSA) is 79.5 Å². The summed E-state index contributed by atoms with van der Waals surface area (Å²) in [5, 5.41) is 19.3. The molecule has 0 spiro atoms. The molecule has 0 bridgehead atoms. The van der Waals surface area contributed by atoms with E-state index in [4.69, 9.17) is 0 Å². The number of carbonyl (C=O) groups is 2. The van der Waals surface area contributed by atoms with Gasteiger partial charge in [-0.05, 0) is 30.0 Å². The molecular formula is C17H21NO4. The van der Waals surface area contributed by atoms with Crippen molar-refractivity contribution < 1.29 is 19.8 Å². The summed E-state index contributed by atoms with van der Waals surface area (Å²) in [7, 11) is 0. The van der Waals surface area contributed by atoms with Gasteiger partial charge in [0.1, 0.15) is 0 Å². The first kappa shape index (κ1) is 16.2. The summed E-state index contributed by atoms with van der Waals surface area (Å²) in [6, 6.07) is 3.20. The third-order valence-corrected chi connectivity index (χ3v) is 3.96. The van der Waals surface area contributed by atoms with Crippen molar-refractivity contribution in [2.75, 3.05) is 6.61 Å². The molecule has 0 fully saturated rings. The van der Waals surface area contributed by atoms with E-state index in [1.165, 1.54) is 6.07 Å². The van der Waals surface area contributed by atoms with E-state index >= 15 is 0 Å². The van der Waals surface area contributed by atoms with Crippen molar-refractivity contribution in [2.24, 2.45) is 0 Å². The predicted octanol–water partition coefficient (Wildman–Crippen LogP) is 2.75. The van der Waals surface area contributed by atoms with Crippen LogP contribution in [0.25, 0.3) is 10.9 Å². The van der Waals surface area contributed by atoms with Gasteiger partial charge < -0.3 is 14.8 Å². The minimum atomic E-state index is -1.02. The number of hydrogen-bond acceptors (Lipinski definition) is 3. The van der Waals surface area contributed by atoms with Crippen molar-refractivity contribution in [3.8, 4) is 0 Å². The van der Waals surface area contributed by atoms with Gasteiger partial charge in [-0.25, -0.2) is 4.79 Å². The molecule has 5 nitrogen and oxygen atoms in total.